The van der Waals surface area contributed by atoms with Gasteiger partial charge >= 0.3 is 0 Å². The van der Waals surface area contributed by atoms with E-state index < -0.39 is 6.10 Å². The molecule has 25 heavy (non-hydrogen) atoms. The second-order valence-corrected chi connectivity index (χ2v) is 6.09. The molecule has 5 heteroatoms. The molecular weight excluding hydrogens is 338 g/mol. The molecule has 0 aliphatic carbocycles. The summed E-state index contributed by atoms with van der Waals surface area (Å²) in [4.78, 5) is 14.0. The van der Waals surface area contributed by atoms with Crippen LogP contribution in [0.4, 0.5) is 0 Å². The Morgan fingerprint density at radius 1 is 1.00 bits per heavy atom. The van der Waals surface area contributed by atoms with Crippen LogP contribution in [0.1, 0.15) is 26.3 Å². The summed E-state index contributed by atoms with van der Waals surface area (Å²) >= 11 is 5.85. The number of hydrogen-bond acceptors (Lipinski definition) is 3. The van der Waals surface area contributed by atoms with E-state index >= 15 is 0 Å². The smallest absolute Gasteiger partial charge is 0.263 e. The number of amides is 1. The molecular formula is C20H24ClNO3. The largest absolute Gasteiger partial charge is 0.489 e. The number of rotatable bonds is 8. The fourth-order valence-electron chi connectivity index (χ4n) is 2.41. The van der Waals surface area contributed by atoms with E-state index in [1.54, 1.807) is 24.0 Å². The Morgan fingerprint density at radius 3 is 2.12 bits per heavy atom. The number of likely N-dealkylation sites (N-methyl/N-ethyl adjacent to an activating group) is 1. The Hall–Kier alpha value is -2.20. The van der Waals surface area contributed by atoms with E-state index in [4.69, 9.17) is 21.1 Å². The van der Waals surface area contributed by atoms with E-state index in [2.05, 4.69) is 0 Å². The maximum atomic E-state index is 12.2. The van der Waals surface area contributed by atoms with Gasteiger partial charge in [-0.15, -0.1) is 0 Å². The number of nitrogens with zero attached hydrogens (tertiary/aromatic N) is 1. The van der Waals surface area contributed by atoms with Gasteiger partial charge in [0.2, 0.25) is 0 Å². The van der Waals surface area contributed by atoms with Crippen molar-refractivity contribution in [2.24, 2.45) is 0 Å². The van der Waals surface area contributed by atoms with Crippen LogP contribution in [0.5, 0.6) is 11.5 Å². The van der Waals surface area contributed by atoms with E-state index in [0.29, 0.717) is 30.5 Å². The molecule has 0 radical (unpaired) electrons. The van der Waals surface area contributed by atoms with Gasteiger partial charge in [0.15, 0.2) is 6.10 Å². The minimum Gasteiger partial charge on any atom is -0.489 e. The second-order valence-electron chi connectivity index (χ2n) is 5.66. The maximum Gasteiger partial charge on any atom is 0.263 e. The Balaban J connectivity index is 1.88. The Labute approximate surface area is 154 Å². The molecule has 0 bridgehead atoms. The molecule has 2 rings (SSSR count). The van der Waals surface area contributed by atoms with Crippen LogP contribution in [-0.4, -0.2) is 30.0 Å². The van der Waals surface area contributed by atoms with Crippen molar-refractivity contribution in [1.82, 2.24) is 4.90 Å². The van der Waals surface area contributed by atoms with Crippen molar-refractivity contribution < 1.29 is 14.3 Å². The topological polar surface area (TPSA) is 38.8 Å². The zero-order valence-electron chi connectivity index (χ0n) is 14.9. The van der Waals surface area contributed by atoms with Gasteiger partial charge < -0.3 is 14.4 Å². The van der Waals surface area contributed by atoms with Crippen molar-refractivity contribution in [3.05, 3.63) is 59.1 Å². The van der Waals surface area contributed by atoms with Crippen LogP contribution in [0.3, 0.4) is 0 Å². The molecule has 134 valence electrons. The quantitative estimate of drug-likeness (QED) is 0.692. The third-order valence-corrected chi connectivity index (χ3v) is 4.13. The predicted octanol–water partition coefficient (Wildman–Crippen LogP) is 4.55. The number of halogens is 1. The van der Waals surface area contributed by atoms with Gasteiger partial charge in [0.25, 0.3) is 5.91 Å². The van der Waals surface area contributed by atoms with Crippen LogP contribution in [0.25, 0.3) is 0 Å². The number of benzene rings is 2. The zero-order chi connectivity index (χ0) is 18.2. The van der Waals surface area contributed by atoms with Crippen molar-refractivity contribution >= 4 is 17.5 Å². The summed E-state index contributed by atoms with van der Waals surface area (Å²) in [5, 5.41) is 0.683. The Bertz CT molecular complexity index is 666. The first-order chi connectivity index (χ1) is 12.0. The zero-order valence-corrected chi connectivity index (χ0v) is 15.6. The summed E-state index contributed by atoms with van der Waals surface area (Å²) in [6.45, 7) is 7.52. The summed E-state index contributed by atoms with van der Waals surface area (Å²) < 4.78 is 11.5. The molecule has 0 fully saturated rings. The Morgan fingerprint density at radius 2 is 1.56 bits per heavy atom. The number of ether oxygens (including phenoxy) is 2. The summed E-state index contributed by atoms with van der Waals surface area (Å²) in [7, 11) is 0. The average molecular weight is 362 g/mol. The molecule has 2 aromatic carbocycles. The number of carbonyl (C=O) groups excluding carboxylic acids is 1. The first kappa shape index (κ1) is 19.1. The van der Waals surface area contributed by atoms with Crippen LogP contribution in [0, 0.1) is 0 Å². The van der Waals surface area contributed by atoms with Crippen LogP contribution in [0.2, 0.25) is 5.02 Å². The monoisotopic (exact) mass is 361 g/mol. The summed E-state index contributed by atoms with van der Waals surface area (Å²) in [6.07, 6.45) is -0.504. The average Bonchev–Trinajstić information content (AvgIpc) is 2.63. The van der Waals surface area contributed by atoms with E-state index in [-0.39, 0.29) is 5.91 Å². The third-order valence-electron chi connectivity index (χ3n) is 3.88. The predicted molar refractivity (Wildman–Crippen MR) is 100 cm³/mol. The van der Waals surface area contributed by atoms with Crippen molar-refractivity contribution in [3.8, 4) is 11.5 Å². The molecule has 1 atom stereocenters. The third kappa shape index (κ3) is 5.68. The fourth-order valence-corrected chi connectivity index (χ4v) is 2.53. The summed E-state index contributed by atoms with van der Waals surface area (Å²) in [5.74, 6) is 1.44. The highest BCUT2D eigenvalue weighted by atomic mass is 35.5. The lowest BCUT2D eigenvalue weighted by Gasteiger charge is -2.23. The molecule has 0 aromatic heterocycles. The van der Waals surface area contributed by atoms with Crippen LogP contribution in [-0.2, 0) is 11.4 Å². The molecule has 1 amide bonds. The first-order valence-corrected chi connectivity index (χ1v) is 8.84. The van der Waals surface area contributed by atoms with Gasteiger partial charge in [-0.3, -0.25) is 4.79 Å². The fraction of sp³-hybridized carbons (Fsp3) is 0.350. The van der Waals surface area contributed by atoms with E-state index in [1.807, 2.05) is 50.2 Å². The van der Waals surface area contributed by atoms with Crippen molar-refractivity contribution in [1.29, 1.82) is 0 Å². The minimum absolute atomic E-state index is 0.000137. The normalized spacial score (nSPS) is 11.7. The van der Waals surface area contributed by atoms with Crippen LogP contribution >= 0.6 is 11.6 Å². The highest BCUT2D eigenvalue weighted by Crippen LogP contribution is 2.19. The van der Waals surface area contributed by atoms with Gasteiger partial charge in [-0.25, -0.2) is 0 Å². The van der Waals surface area contributed by atoms with E-state index in [1.165, 1.54) is 0 Å². The molecule has 0 saturated carbocycles. The Kier molecular flexibility index (Phi) is 7.14. The van der Waals surface area contributed by atoms with Crippen LogP contribution < -0.4 is 9.47 Å². The number of hydrogen-bond donors (Lipinski definition) is 0. The van der Waals surface area contributed by atoms with Crippen molar-refractivity contribution in [3.63, 3.8) is 0 Å². The van der Waals surface area contributed by atoms with Gasteiger partial charge in [-0.1, -0.05) is 23.7 Å². The van der Waals surface area contributed by atoms with Gasteiger partial charge in [0, 0.05) is 18.1 Å². The molecule has 2 aromatic rings. The summed E-state index contributed by atoms with van der Waals surface area (Å²) in [6, 6.07) is 14.8. The molecule has 4 nitrogen and oxygen atoms in total. The van der Waals surface area contributed by atoms with Gasteiger partial charge in [0.05, 0.1) is 0 Å². The lowest BCUT2D eigenvalue weighted by molar-refractivity contribution is -0.137. The standard InChI is InChI=1S/C20H24ClNO3/c1-4-22(5-2)20(23)15(3)25-19-10-6-16(7-11-19)14-24-18-12-8-17(21)9-13-18/h6-13,15H,4-5,14H2,1-3H3. The van der Waals surface area contributed by atoms with Gasteiger partial charge in [-0.2, -0.15) is 0 Å². The van der Waals surface area contributed by atoms with Crippen molar-refractivity contribution in [2.75, 3.05) is 13.1 Å². The SMILES string of the molecule is CCN(CC)C(=O)C(C)Oc1ccc(COc2ccc(Cl)cc2)cc1. The first-order valence-electron chi connectivity index (χ1n) is 8.46. The van der Waals surface area contributed by atoms with Gasteiger partial charge in [-0.05, 0) is 62.7 Å². The molecule has 0 heterocycles. The lowest BCUT2D eigenvalue weighted by atomic mass is 10.2. The summed E-state index contributed by atoms with van der Waals surface area (Å²) in [5.41, 5.74) is 1.02. The van der Waals surface area contributed by atoms with E-state index in [9.17, 15) is 4.79 Å². The maximum absolute atomic E-state index is 12.2. The van der Waals surface area contributed by atoms with Crippen LogP contribution in [0.15, 0.2) is 48.5 Å². The lowest BCUT2D eigenvalue weighted by Crippen LogP contribution is -2.40. The van der Waals surface area contributed by atoms with Crippen molar-refractivity contribution in [2.45, 2.75) is 33.5 Å². The highest BCUT2D eigenvalue weighted by Gasteiger charge is 2.19. The number of carbonyl (C=O) groups is 1. The molecule has 0 N–H and O–H groups in total. The second kappa shape index (κ2) is 9.33. The minimum atomic E-state index is -0.504. The molecule has 0 aliphatic rings. The molecule has 0 spiro atoms. The van der Waals surface area contributed by atoms with E-state index in [0.717, 1.165) is 11.3 Å². The molecule has 0 aliphatic heterocycles. The van der Waals surface area contributed by atoms with Gasteiger partial charge in [0.1, 0.15) is 18.1 Å². The molecule has 1 unspecified atom stereocenters. The molecule has 0 saturated heterocycles. The highest BCUT2D eigenvalue weighted by molar-refractivity contribution is 6.30.